The Kier molecular flexibility index (Phi) is 5.33. The summed E-state index contributed by atoms with van der Waals surface area (Å²) in [7, 11) is 0. The summed E-state index contributed by atoms with van der Waals surface area (Å²) < 4.78 is 0. The second-order valence-electron chi connectivity index (χ2n) is 3.72. The molecule has 0 bridgehead atoms. The van der Waals surface area contributed by atoms with Crippen LogP contribution in [0.2, 0.25) is 0 Å². The topological polar surface area (TPSA) is 54.4 Å². The smallest absolute Gasteiger partial charge is 0.336 e. The van der Waals surface area contributed by atoms with Gasteiger partial charge in [-0.3, -0.25) is 4.79 Å². The third-order valence-electron chi connectivity index (χ3n) is 2.47. The van der Waals surface area contributed by atoms with Gasteiger partial charge in [0.1, 0.15) is 0 Å². The van der Waals surface area contributed by atoms with Crippen molar-refractivity contribution in [3.63, 3.8) is 0 Å². The summed E-state index contributed by atoms with van der Waals surface area (Å²) in [5.41, 5.74) is 1.36. The lowest BCUT2D eigenvalue weighted by Gasteiger charge is -2.10. The minimum Gasteiger partial charge on any atom is -0.478 e. The molecule has 0 saturated carbocycles. The summed E-state index contributed by atoms with van der Waals surface area (Å²) in [6, 6.07) is 6.82. The Bertz CT molecular complexity index is 571. The highest BCUT2D eigenvalue weighted by molar-refractivity contribution is 8.04. The van der Waals surface area contributed by atoms with E-state index in [4.69, 9.17) is 0 Å². The number of hydrogen-bond acceptors (Lipinski definition) is 3. The van der Waals surface area contributed by atoms with E-state index in [0.717, 1.165) is 11.8 Å². The number of carbonyl (C=O) groups is 2. The highest BCUT2D eigenvalue weighted by Crippen LogP contribution is 2.27. The van der Waals surface area contributed by atoms with Crippen LogP contribution in [-0.4, -0.2) is 16.9 Å². The average molecular weight is 274 g/mol. The van der Waals surface area contributed by atoms with Gasteiger partial charge < -0.3 is 5.11 Å². The lowest BCUT2D eigenvalue weighted by atomic mass is 9.94. The maximum absolute atomic E-state index is 11.5. The third kappa shape index (κ3) is 3.69. The number of hydrogen-bond donors (Lipinski definition) is 1. The van der Waals surface area contributed by atoms with E-state index >= 15 is 0 Å². The molecular formula is C15H14O3S. The van der Waals surface area contributed by atoms with Gasteiger partial charge in [-0.05, 0) is 28.9 Å². The van der Waals surface area contributed by atoms with E-state index in [-0.39, 0.29) is 11.4 Å². The van der Waals surface area contributed by atoms with Crippen LogP contribution in [0.3, 0.4) is 0 Å². The van der Waals surface area contributed by atoms with Crippen molar-refractivity contribution >= 4 is 29.1 Å². The molecule has 98 valence electrons. The molecule has 0 atom stereocenters. The number of carbonyl (C=O) groups excluding carboxylic acids is 1. The Morgan fingerprint density at radius 3 is 2.32 bits per heavy atom. The zero-order chi connectivity index (χ0) is 14.4. The minimum absolute atomic E-state index is 0.0543. The number of thioether (sulfide) groups is 1. The fourth-order valence-corrected chi connectivity index (χ4v) is 2.04. The first-order valence-electron chi connectivity index (χ1n) is 5.48. The van der Waals surface area contributed by atoms with Crippen molar-refractivity contribution in [3.05, 3.63) is 64.9 Å². The lowest BCUT2D eigenvalue weighted by molar-refractivity contribution is -0.132. The van der Waals surface area contributed by atoms with Gasteiger partial charge in [-0.1, -0.05) is 37.4 Å². The van der Waals surface area contributed by atoms with Crippen molar-refractivity contribution in [1.29, 1.82) is 0 Å². The Labute approximate surface area is 116 Å². The minimum atomic E-state index is -1.09. The van der Waals surface area contributed by atoms with E-state index in [9.17, 15) is 14.7 Å². The predicted molar refractivity (Wildman–Crippen MR) is 79.0 cm³/mol. The maximum Gasteiger partial charge on any atom is 0.336 e. The van der Waals surface area contributed by atoms with Crippen LogP contribution in [0.4, 0.5) is 0 Å². The van der Waals surface area contributed by atoms with Crippen LogP contribution in [0.1, 0.15) is 22.8 Å². The van der Waals surface area contributed by atoms with Crippen LogP contribution in [0.15, 0.2) is 53.8 Å². The van der Waals surface area contributed by atoms with Crippen molar-refractivity contribution < 1.29 is 14.7 Å². The fourth-order valence-electron chi connectivity index (χ4n) is 1.57. The lowest BCUT2D eigenvalue weighted by Crippen LogP contribution is -2.05. The zero-order valence-corrected chi connectivity index (χ0v) is 11.4. The van der Waals surface area contributed by atoms with E-state index in [2.05, 4.69) is 13.2 Å². The third-order valence-corrected chi connectivity index (χ3v) is 3.03. The van der Waals surface area contributed by atoms with Gasteiger partial charge in [-0.2, -0.15) is 0 Å². The molecule has 1 N–H and O–H groups in total. The first-order chi connectivity index (χ1) is 8.99. The molecular weight excluding hydrogens is 260 g/mol. The number of rotatable bonds is 6. The average Bonchev–Trinajstić information content (AvgIpc) is 2.38. The van der Waals surface area contributed by atoms with E-state index < -0.39 is 5.97 Å². The highest BCUT2D eigenvalue weighted by atomic mass is 32.2. The van der Waals surface area contributed by atoms with Gasteiger partial charge in [0.2, 0.25) is 0 Å². The van der Waals surface area contributed by atoms with E-state index in [1.165, 1.54) is 17.7 Å². The standard InChI is InChI=1S/C15H14O3S/c1-4-19-9-14(15(17)18)10(2)12-7-5-6-8-13(12)11(3)16/h4-9H,1-2H2,3H3,(H,17,18)/b14-9+. The van der Waals surface area contributed by atoms with Gasteiger partial charge in [0.25, 0.3) is 0 Å². The van der Waals surface area contributed by atoms with E-state index in [1.807, 2.05) is 0 Å². The molecule has 0 amide bonds. The number of aliphatic carboxylic acids is 1. The molecule has 0 fully saturated rings. The van der Waals surface area contributed by atoms with Crippen LogP contribution in [0, 0.1) is 0 Å². The second-order valence-corrected chi connectivity index (χ2v) is 4.56. The largest absolute Gasteiger partial charge is 0.478 e. The van der Waals surface area contributed by atoms with Crippen LogP contribution in [0.25, 0.3) is 5.57 Å². The molecule has 1 rings (SSSR count). The maximum atomic E-state index is 11.5. The SMILES string of the molecule is C=CS/C=C(\C(=C)c1ccccc1C(C)=O)C(=O)O. The molecule has 0 radical (unpaired) electrons. The molecule has 1 aromatic rings. The molecule has 0 aliphatic rings. The summed E-state index contributed by atoms with van der Waals surface area (Å²) in [5.74, 6) is -1.21. The van der Waals surface area contributed by atoms with Gasteiger partial charge in [-0.15, -0.1) is 11.8 Å². The summed E-state index contributed by atoms with van der Waals surface area (Å²) in [6.07, 6.45) is 0. The fraction of sp³-hybridized carbons (Fsp3) is 0.0667. The van der Waals surface area contributed by atoms with Crippen molar-refractivity contribution in [2.45, 2.75) is 6.92 Å². The zero-order valence-electron chi connectivity index (χ0n) is 10.6. The number of Topliss-reactive ketones (excluding diaryl/α,β-unsaturated/α-hetero) is 1. The quantitative estimate of drug-likeness (QED) is 0.487. The van der Waals surface area contributed by atoms with Crippen LogP contribution in [-0.2, 0) is 4.79 Å². The first-order valence-corrected chi connectivity index (χ1v) is 6.42. The Balaban J connectivity index is 3.28. The van der Waals surface area contributed by atoms with Crippen molar-refractivity contribution in [3.8, 4) is 0 Å². The highest BCUT2D eigenvalue weighted by Gasteiger charge is 2.17. The normalized spacial score (nSPS) is 10.9. The molecule has 19 heavy (non-hydrogen) atoms. The summed E-state index contributed by atoms with van der Waals surface area (Å²) in [5, 5.41) is 12.2. The van der Waals surface area contributed by atoms with Crippen LogP contribution in [0.5, 0.6) is 0 Å². The molecule has 0 aromatic heterocycles. The Morgan fingerprint density at radius 1 is 1.26 bits per heavy atom. The van der Waals surface area contributed by atoms with Crippen molar-refractivity contribution in [2.75, 3.05) is 0 Å². The molecule has 4 heteroatoms. The van der Waals surface area contributed by atoms with Crippen LogP contribution >= 0.6 is 11.8 Å². The summed E-state index contributed by atoms with van der Waals surface area (Å²) >= 11 is 1.16. The molecule has 3 nitrogen and oxygen atoms in total. The van der Waals surface area contributed by atoms with E-state index in [0.29, 0.717) is 16.7 Å². The predicted octanol–water partition coefficient (Wildman–Crippen LogP) is 3.75. The molecule has 0 aliphatic carbocycles. The second kappa shape index (κ2) is 6.75. The molecule has 0 saturated heterocycles. The summed E-state index contributed by atoms with van der Waals surface area (Å²) in [6.45, 7) is 8.74. The van der Waals surface area contributed by atoms with Crippen molar-refractivity contribution in [1.82, 2.24) is 0 Å². The monoisotopic (exact) mass is 274 g/mol. The Hall–Kier alpha value is -2.07. The number of carboxylic acids is 1. The van der Waals surface area contributed by atoms with Gasteiger partial charge in [0, 0.05) is 5.56 Å². The molecule has 0 aliphatic heterocycles. The Morgan fingerprint density at radius 2 is 1.84 bits per heavy atom. The summed E-state index contributed by atoms with van der Waals surface area (Å²) in [4.78, 5) is 22.8. The number of benzene rings is 1. The first kappa shape index (κ1) is 15.0. The molecule has 1 aromatic carbocycles. The number of carboxylic acid groups (broad SMARTS) is 1. The van der Waals surface area contributed by atoms with Gasteiger partial charge in [-0.25, -0.2) is 4.79 Å². The van der Waals surface area contributed by atoms with Gasteiger partial charge >= 0.3 is 5.97 Å². The van der Waals surface area contributed by atoms with Crippen molar-refractivity contribution in [2.24, 2.45) is 0 Å². The molecule has 0 heterocycles. The van der Waals surface area contributed by atoms with E-state index in [1.54, 1.807) is 24.3 Å². The van der Waals surface area contributed by atoms with Gasteiger partial charge in [0.15, 0.2) is 5.78 Å². The van der Waals surface area contributed by atoms with Crippen LogP contribution < -0.4 is 0 Å². The number of ketones is 1. The molecule has 0 unspecified atom stereocenters. The van der Waals surface area contributed by atoms with Gasteiger partial charge in [0.05, 0.1) is 5.57 Å². The molecule has 0 spiro atoms.